The van der Waals surface area contributed by atoms with E-state index < -0.39 is 4.92 Å². The second-order valence-electron chi connectivity index (χ2n) is 5.15. The zero-order valence-corrected chi connectivity index (χ0v) is 12.7. The second-order valence-corrected chi connectivity index (χ2v) is 5.15. The highest BCUT2D eigenvalue weighted by atomic mass is 16.6. The van der Waals surface area contributed by atoms with Crippen molar-refractivity contribution in [2.45, 2.75) is 6.92 Å². The molecule has 8 nitrogen and oxygen atoms in total. The van der Waals surface area contributed by atoms with E-state index in [9.17, 15) is 10.1 Å². The third-order valence-electron chi connectivity index (χ3n) is 3.56. The lowest BCUT2D eigenvalue weighted by atomic mass is 10.3. The van der Waals surface area contributed by atoms with Crippen molar-refractivity contribution >= 4 is 23.1 Å². The van der Waals surface area contributed by atoms with Gasteiger partial charge in [0.25, 0.3) is 0 Å². The molecule has 23 heavy (non-hydrogen) atoms. The number of nitro groups is 1. The monoisotopic (exact) mass is 315 g/mol. The summed E-state index contributed by atoms with van der Waals surface area (Å²) in [6.07, 6.45) is 0. The van der Waals surface area contributed by atoms with Crippen LogP contribution in [0.25, 0.3) is 0 Å². The van der Waals surface area contributed by atoms with Crippen molar-refractivity contribution in [3.63, 3.8) is 0 Å². The van der Waals surface area contributed by atoms with Crippen molar-refractivity contribution in [2.75, 3.05) is 36.5 Å². The summed E-state index contributed by atoms with van der Waals surface area (Å²) < 4.78 is 5.32. The first-order valence-corrected chi connectivity index (χ1v) is 7.33. The van der Waals surface area contributed by atoms with Gasteiger partial charge in [-0.3, -0.25) is 10.1 Å². The lowest BCUT2D eigenvalue weighted by Gasteiger charge is -2.27. The number of anilines is 3. The average Bonchev–Trinajstić information content (AvgIpc) is 2.56. The Morgan fingerprint density at radius 1 is 1.22 bits per heavy atom. The van der Waals surface area contributed by atoms with Gasteiger partial charge in [0.05, 0.1) is 18.1 Å². The molecule has 0 radical (unpaired) electrons. The van der Waals surface area contributed by atoms with Crippen LogP contribution in [-0.2, 0) is 4.74 Å². The number of benzene rings is 1. The topological polar surface area (TPSA) is 93.4 Å². The number of morpholine rings is 1. The summed E-state index contributed by atoms with van der Waals surface area (Å²) in [5, 5.41) is 14.4. The van der Waals surface area contributed by atoms with Crippen molar-refractivity contribution in [1.29, 1.82) is 0 Å². The molecular formula is C15H17N5O3. The fourth-order valence-electron chi connectivity index (χ4n) is 2.42. The van der Waals surface area contributed by atoms with Gasteiger partial charge in [-0.2, -0.15) is 4.98 Å². The van der Waals surface area contributed by atoms with Crippen LogP contribution in [0.1, 0.15) is 5.69 Å². The average molecular weight is 315 g/mol. The predicted molar refractivity (Wildman–Crippen MR) is 86.2 cm³/mol. The summed E-state index contributed by atoms with van der Waals surface area (Å²) in [4.78, 5) is 21.6. The fourth-order valence-corrected chi connectivity index (χ4v) is 2.42. The van der Waals surface area contributed by atoms with Crippen LogP contribution >= 0.6 is 0 Å². The molecule has 1 aliphatic rings. The van der Waals surface area contributed by atoms with Gasteiger partial charge in [-0.1, -0.05) is 18.2 Å². The van der Waals surface area contributed by atoms with E-state index in [2.05, 4.69) is 15.3 Å². The number of aryl methyl sites for hydroxylation is 1. The smallest absolute Gasteiger partial charge is 0.332 e. The number of hydrogen-bond acceptors (Lipinski definition) is 7. The maximum Gasteiger partial charge on any atom is 0.332 e. The van der Waals surface area contributed by atoms with Gasteiger partial charge >= 0.3 is 5.69 Å². The maximum absolute atomic E-state index is 11.4. The molecule has 0 unspecified atom stereocenters. The number of aromatic nitrogens is 2. The van der Waals surface area contributed by atoms with E-state index in [-0.39, 0.29) is 11.5 Å². The Morgan fingerprint density at radius 2 is 1.91 bits per heavy atom. The zero-order chi connectivity index (χ0) is 16.2. The molecule has 0 atom stereocenters. The van der Waals surface area contributed by atoms with Crippen molar-refractivity contribution in [2.24, 2.45) is 0 Å². The van der Waals surface area contributed by atoms with Crippen molar-refractivity contribution in [3.8, 4) is 0 Å². The molecule has 1 saturated heterocycles. The molecule has 1 aromatic carbocycles. The van der Waals surface area contributed by atoms with Crippen molar-refractivity contribution in [3.05, 3.63) is 46.1 Å². The van der Waals surface area contributed by atoms with Crippen LogP contribution in [0.4, 0.5) is 23.1 Å². The Morgan fingerprint density at radius 3 is 2.57 bits per heavy atom. The fraction of sp³-hybridized carbons (Fsp3) is 0.333. The van der Waals surface area contributed by atoms with Gasteiger partial charge in [0.2, 0.25) is 11.8 Å². The van der Waals surface area contributed by atoms with E-state index in [0.717, 1.165) is 5.69 Å². The first kappa shape index (κ1) is 15.2. The molecule has 1 aromatic heterocycles. The van der Waals surface area contributed by atoms with Crippen molar-refractivity contribution in [1.82, 2.24) is 9.97 Å². The molecule has 1 aliphatic heterocycles. The van der Waals surface area contributed by atoms with E-state index in [0.29, 0.717) is 37.9 Å². The van der Waals surface area contributed by atoms with E-state index in [1.165, 1.54) is 0 Å². The molecule has 0 spiro atoms. The second kappa shape index (κ2) is 6.57. The molecule has 0 saturated carbocycles. The number of ether oxygens (including phenoxy) is 1. The van der Waals surface area contributed by atoms with Crippen LogP contribution < -0.4 is 10.2 Å². The van der Waals surface area contributed by atoms with Gasteiger partial charge in [-0.25, -0.2) is 4.98 Å². The van der Waals surface area contributed by atoms with Gasteiger partial charge in [0.1, 0.15) is 5.69 Å². The predicted octanol–water partition coefficient (Wildman–Crippen LogP) is 2.27. The normalized spacial score (nSPS) is 14.6. The summed E-state index contributed by atoms with van der Waals surface area (Å²) in [6, 6.07) is 9.24. The minimum absolute atomic E-state index is 0.106. The molecule has 0 bridgehead atoms. The third kappa shape index (κ3) is 3.37. The quantitative estimate of drug-likeness (QED) is 0.683. The number of hydrogen-bond donors (Lipinski definition) is 1. The molecule has 120 valence electrons. The van der Waals surface area contributed by atoms with E-state index in [1.807, 2.05) is 35.2 Å². The summed E-state index contributed by atoms with van der Waals surface area (Å²) in [5.41, 5.74) is 0.970. The van der Waals surface area contributed by atoms with Gasteiger partial charge in [-0.15, -0.1) is 0 Å². The van der Waals surface area contributed by atoms with Crippen LogP contribution in [0.2, 0.25) is 0 Å². The number of rotatable bonds is 4. The molecule has 2 heterocycles. The third-order valence-corrected chi connectivity index (χ3v) is 3.56. The van der Waals surface area contributed by atoms with Crippen LogP contribution in [-0.4, -0.2) is 41.2 Å². The highest BCUT2D eigenvalue weighted by Crippen LogP contribution is 2.30. The maximum atomic E-state index is 11.4. The molecule has 2 aromatic rings. The zero-order valence-electron chi connectivity index (χ0n) is 12.7. The van der Waals surface area contributed by atoms with Gasteiger partial charge in [0.15, 0.2) is 0 Å². The van der Waals surface area contributed by atoms with Crippen molar-refractivity contribution < 1.29 is 9.66 Å². The van der Waals surface area contributed by atoms with Crippen LogP contribution in [0, 0.1) is 17.0 Å². The number of nitrogens with one attached hydrogen (secondary N) is 1. The van der Waals surface area contributed by atoms with Gasteiger partial charge in [-0.05, 0) is 19.1 Å². The molecule has 3 rings (SSSR count). The van der Waals surface area contributed by atoms with Crippen LogP contribution in [0.5, 0.6) is 0 Å². The Labute approximate surface area is 133 Å². The Hall–Kier alpha value is -2.74. The summed E-state index contributed by atoms with van der Waals surface area (Å²) >= 11 is 0. The molecule has 1 N–H and O–H groups in total. The highest BCUT2D eigenvalue weighted by Gasteiger charge is 2.25. The van der Waals surface area contributed by atoms with Crippen LogP contribution in [0.15, 0.2) is 30.3 Å². The van der Waals surface area contributed by atoms with E-state index >= 15 is 0 Å². The molecule has 8 heteroatoms. The minimum Gasteiger partial charge on any atom is -0.378 e. The van der Waals surface area contributed by atoms with Gasteiger partial charge in [0, 0.05) is 18.8 Å². The Kier molecular flexibility index (Phi) is 4.33. The number of para-hydroxylation sites is 1. The van der Waals surface area contributed by atoms with Crippen LogP contribution in [0.3, 0.4) is 0 Å². The number of nitrogens with zero attached hydrogens (tertiary/aromatic N) is 4. The van der Waals surface area contributed by atoms with E-state index in [1.54, 1.807) is 6.92 Å². The molecular weight excluding hydrogens is 298 g/mol. The minimum atomic E-state index is -0.455. The standard InChI is InChI=1S/C15H17N5O3/c1-11-13(20(21)22)14(17-12-5-3-2-4-6-12)18-15(16-11)19-7-9-23-10-8-19/h2-6H,7-10H2,1H3,(H,16,17,18). The molecule has 0 amide bonds. The molecule has 1 fully saturated rings. The Balaban J connectivity index is 1.99. The molecule has 0 aliphatic carbocycles. The lowest BCUT2D eigenvalue weighted by Crippen LogP contribution is -2.37. The summed E-state index contributed by atoms with van der Waals surface area (Å²) in [7, 11) is 0. The lowest BCUT2D eigenvalue weighted by molar-refractivity contribution is -0.385. The SMILES string of the molecule is Cc1nc(N2CCOCC2)nc(Nc2ccccc2)c1[N+](=O)[O-]. The summed E-state index contributed by atoms with van der Waals surface area (Å²) in [6.45, 7) is 4.16. The highest BCUT2D eigenvalue weighted by molar-refractivity contribution is 5.68. The summed E-state index contributed by atoms with van der Waals surface area (Å²) in [5.74, 6) is 0.685. The van der Waals surface area contributed by atoms with Gasteiger partial charge < -0.3 is 15.0 Å². The first-order chi connectivity index (χ1) is 11.1. The van der Waals surface area contributed by atoms with E-state index in [4.69, 9.17) is 4.74 Å². The Bertz CT molecular complexity index is 702. The largest absolute Gasteiger partial charge is 0.378 e. The first-order valence-electron chi connectivity index (χ1n) is 7.33.